The van der Waals surface area contributed by atoms with Gasteiger partial charge in [-0.3, -0.25) is 0 Å². The Kier molecular flexibility index (Phi) is 5.66. The molecule has 0 bridgehead atoms. The quantitative estimate of drug-likeness (QED) is 0.729. The van der Waals surface area contributed by atoms with Gasteiger partial charge >= 0.3 is 0 Å². The van der Waals surface area contributed by atoms with E-state index in [2.05, 4.69) is 12.2 Å². The van der Waals surface area contributed by atoms with Gasteiger partial charge in [0.15, 0.2) is 0 Å². The molecule has 2 rings (SSSR count). The van der Waals surface area contributed by atoms with Gasteiger partial charge < -0.3 is 5.32 Å². The third-order valence-electron chi connectivity index (χ3n) is 4.37. The highest BCUT2D eigenvalue weighted by Crippen LogP contribution is 2.22. The van der Waals surface area contributed by atoms with Crippen LogP contribution in [-0.4, -0.2) is 44.2 Å². The lowest BCUT2D eigenvalue weighted by molar-refractivity contribution is 0.406. The van der Waals surface area contributed by atoms with Gasteiger partial charge in [-0.05, 0) is 51.0 Å². The van der Waals surface area contributed by atoms with Crippen molar-refractivity contribution < 1.29 is 8.42 Å². The molecule has 1 heterocycles. The summed E-state index contributed by atoms with van der Waals surface area (Å²) in [6.45, 7) is 4.51. The van der Waals surface area contributed by atoms with E-state index in [0.29, 0.717) is 11.8 Å². The van der Waals surface area contributed by atoms with Gasteiger partial charge in [0.1, 0.15) is 0 Å². The summed E-state index contributed by atoms with van der Waals surface area (Å²) in [5.41, 5.74) is 0. The minimum Gasteiger partial charge on any atom is -0.314 e. The van der Waals surface area contributed by atoms with Crippen molar-refractivity contribution in [3.63, 3.8) is 0 Å². The zero-order valence-electron chi connectivity index (χ0n) is 12.1. The lowest BCUT2D eigenvalue weighted by Crippen LogP contribution is -2.35. The summed E-state index contributed by atoms with van der Waals surface area (Å²) in [7, 11) is -3.02. The average molecular weight is 288 g/mol. The van der Waals surface area contributed by atoms with Gasteiger partial charge in [0, 0.05) is 19.1 Å². The van der Waals surface area contributed by atoms with E-state index in [-0.39, 0.29) is 0 Å². The molecule has 2 fully saturated rings. The van der Waals surface area contributed by atoms with Crippen LogP contribution in [0.5, 0.6) is 0 Å². The Balaban J connectivity index is 1.73. The molecule has 1 aliphatic carbocycles. The minimum absolute atomic E-state index is 0.309. The van der Waals surface area contributed by atoms with Crippen LogP contribution >= 0.6 is 0 Å². The SMILES string of the molecule is CCC1CCCN(S(=O)(=O)CCCNC2CC2)CC1. The zero-order valence-corrected chi connectivity index (χ0v) is 12.9. The summed E-state index contributed by atoms with van der Waals surface area (Å²) in [5, 5.41) is 3.38. The van der Waals surface area contributed by atoms with Crippen LogP contribution in [0.4, 0.5) is 0 Å². The molecule has 5 heteroatoms. The molecule has 1 saturated carbocycles. The van der Waals surface area contributed by atoms with Crippen molar-refractivity contribution in [2.75, 3.05) is 25.4 Å². The van der Waals surface area contributed by atoms with Crippen LogP contribution in [0.25, 0.3) is 0 Å². The Morgan fingerprint density at radius 1 is 1.16 bits per heavy atom. The second-order valence-corrected chi connectivity index (χ2v) is 8.09. The van der Waals surface area contributed by atoms with Gasteiger partial charge in [-0.15, -0.1) is 0 Å². The van der Waals surface area contributed by atoms with E-state index < -0.39 is 10.0 Å². The molecule has 112 valence electrons. The molecular formula is C14H28N2O2S. The van der Waals surface area contributed by atoms with Crippen LogP contribution in [0.2, 0.25) is 0 Å². The molecule has 1 aliphatic heterocycles. The Morgan fingerprint density at radius 2 is 1.95 bits per heavy atom. The van der Waals surface area contributed by atoms with Crippen molar-refractivity contribution in [1.29, 1.82) is 0 Å². The monoisotopic (exact) mass is 288 g/mol. The fourth-order valence-corrected chi connectivity index (χ4v) is 4.36. The number of sulfonamides is 1. The predicted molar refractivity (Wildman–Crippen MR) is 78.6 cm³/mol. The van der Waals surface area contributed by atoms with Crippen molar-refractivity contribution in [3.8, 4) is 0 Å². The van der Waals surface area contributed by atoms with E-state index in [9.17, 15) is 8.42 Å². The first-order valence-electron chi connectivity index (χ1n) is 7.83. The Bertz CT molecular complexity index is 366. The molecule has 19 heavy (non-hydrogen) atoms. The molecule has 1 atom stereocenters. The molecule has 0 aromatic carbocycles. The van der Waals surface area contributed by atoms with Gasteiger partial charge in [-0.2, -0.15) is 0 Å². The molecule has 0 radical (unpaired) electrons. The second-order valence-electron chi connectivity index (χ2n) is 6.00. The summed E-state index contributed by atoms with van der Waals surface area (Å²) in [5.74, 6) is 1.03. The molecule has 4 nitrogen and oxygen atoms in total. The highest BCUT2D eigenvalue weighted by molar-refractivity contribution is 7.89. The van der Waals surface area contributed by atoms with Crippen LogP contribution < -0.4 is 5.32 Å². The lowest BCUT2D eigenvalue weighted by Gasteiger charge is -2.20. The largest absolute Gasteiger partial charge is 0.314 e. The van der Waals surface area contributed by atoms with E-state index in [0.717, 1.165) is 44.8 Å². The molecular weight excluding hydrogens is 260 g/mol. The number of nitrogens with zero attached hydrogens (tertiary/aromatic N) is 1. The van der Waals surface area contributed by atoms with E-state index in [4.69, 9.17) is 0 Å². The standard InChI is InChI=1S/C14H28N2O2S/c1-2-13-5-3-10-16(11-8-13)19(17,18)12-4-9-15-14-6-7-14/h13-15H,2-12H2,1H3. The van der Waals surface area contributed by atoms with E-state index in [1.54, 1.807) is 4.31 Å². The Morgan fingerprint density at radius 3 is 2.63 bits per heavy atom. The van der Waals surface area contributed by atoms with Gasteiger partial charge in [-0.25, -0.2) is 12.7 Å². The Hall–Kier alpha value is -0.130. The summed E-state index contributed by atoms with van der Waals surface area (Å²) in [6, 6.07) is 0.672. The van der Waals surface area contributed by atoms with E-state index in [1.807, 2.05) is 0 Å². The van der Waals surface area contributed by atoms with Gasteiger partial charge in [-0.1, -0.05) is 13.3 Å². The predicted octanol–water partition coefficient (Wildman–Crippen LogP) is 1.97. The van der Waals surface area contributed by atoms with Crippen LogP contribution in [-0.2, 0) is 10.0 Å². The number of nitrogens with one attached hydrogen (secondary N) is 1. The van der Waals surface area contributed by atoms with Crippen molar-refractivity contribution in [3.05, 3.63) is 0 Å². The summed E-state index contributed by atoms with van der Waals surface area (Å²) in [4.78, 5) is 0. The molecule has 1 saturated heterocycles. The molecule has 0 amide bonds. The third kappa shape index (κ3) is 5.04. The maximum absolute atomic E-state index is 12.3. The summed E-state index contributed by atoms with van der Waals surface area (Å²) >= 11 is 0. The molecule has 1 N–H and O–H groups in total. The summed E-state index contributed by atoms with van der Waals surface area (Å²) in [6.07, 6.45) is 7.69. The highest BCUT2D eigenvalue weighted by Gasteiger charge is 2.25. The first-order valence-corrected chi connectivity index (χ1v) is 9.44. The van der Waals surface area contributed by atoms with Crippen LogP contribution in [0.1, 0.15) is 51.9 Å². The average Bonchev–Trinajstić information content (AvgIpc) is 3.20. The number of hydrogen-bond acceptors (Lipinski definition) is 3. The first-order chi connectivity index (χ1) is 9.12. The van der Waals surface area contributed by atoms with Crippen molar-refractivity contribution in [2.24, 2.45) is 5.92 Å². The second kappa shape index (κ2) is 7.04. The first kappa shape index (κ1) is 15.3. The minimum atomic E-state index is -3.02. The number of rotatable bonds is 7. The van der Waals surface area contributed by atoms with Gasteiger partial charge in [0.2, 0.25) is 10.0 Å². The fourth-order valence-electron chi connectivity index (χ4n) is 2.80. The van der Waals surface area contributed by atoms with Crippen molar-refractivity contribution in [2.45, 2.75) is 57.9 Å². The Labute approximate surface area is 118 Å². The molecule has 2 aliphatic rings. The maximum Gasteiger partial charge on any atom is 0.214 e. The van der Waals surface area contributed by atoms with E-state index in [1.165, 1.54) is 25.7 Å². The topological polar surface area (TPSA) is 49.4 Å². The van der Waals surface area contributed by atoms with Gasteiger partial charge in [0.05, 0.1) is 5.75 Å². The summed E-state index contributed by atoms with van der Waals surface area (Å²) < 4.78 is 26.3. The maximum atomic E-state index is 12.3. The normalized spacial score (nSPS) is 26.3. The lowest BCUT2D eigenvalue weighted by atomic mass is 9.98. The zero-order chi connectivity index (χ0) is 13.7. The van der Waals surface area contributed by atoms with Crippen LogP contribution in [0.15, 0.2) is 0 Å². The molecule has 0 aromatic heterocycles. The molecule has 1 unspecified atom stereocenters. The van der Waals surface area contributed by atoms with E-state index >= 15 is 0 Å². The molecule has 0 spiro atoms. The molecule has 0 aromatic rings. The number of hydrogen-bond donors (Lipinski definition) is 1. The van der Waals surface area contributed by atoms with Gasteiger partial charge in [0.25, 0.3) is 0 Å². The van der Waals surface area contributed by atoms with Crippen molar-refractivity contribution in [1.82, 2.24) is 9.62 Å². The van der Waals surface area contributed by atoms with Crippen molar-refractivity contribution >= 4 is 10.0 Å². The van der Waals surface area contributed by atoms with Crippen LogP contribution in [0.3, 0.4) is 0 Å². The fraction of sp³-hybridized carbons (Fsp3) is 1.00. The third-order valence-corrected chi connectivity index (χ3v) is 6.32. The smallest absolute Gasteiger partial charge is 0.214 e. The van der Waals surface area contributed by atoms with Crippen LogP contribution in [0, 0.1) is 5.92 Å². The highest BCUT2D eigenvalue weighted by atomic mass is 32.2.